The molecule has 2 aliphatic rings. The summed E-state index contributed by atoms with van der Waals surface area (Å²) in [4.78, 5) is 113. The van der Waals surface area contributed by atoms with E-state index in [-0.39, 0.29) is 59.9 Å². The first-order valence-electron chi connectivity index (χ1n) is 23.5. The molecule has 5 heterocycles. The monoisotopic (exact) mass is 1160 g/mol. The van der Waals surface area contributed by atoms with Crippen molar-refractivity contribution < 1.29 is 105 Å². The van der Waals surface area contributed by atoms with E-state index in [2.05, 4.69) is 48.5 Å². The van der Waals surface area contributed by atoms with Crippen LogP contribution < -0.4 is 35.9 Å². The summed E-state index contributed by atoms with van der Waals surface area (Å²) in [5.74, 6) is -1.99. The molecule has 77 heavy (non-hydrogen) atoms. The topological polar surface area (TPSA) is 456 Å². The van der Waals surface area contributed by atoms with E-state index in [1.165, 1.54) is 19.9 Å². The third kappa shape index (κ3) is 17.5. The van der Waals surface area contributed by atoms with Crippen LogP contribution in [0.3, 0.4) is 0 Å². The average Bonchev–Trinajstić information content (AvgIpc) is 4.08. The number of ether oxygens (including phenoxy) is 4. The molecule has 30 nitrogen and oxygen atoms in total. The number of fused-ring (bicyclic) bond motifs is 2. The molecule has 2 amide bonds. The molecule has 2 fully saturated rings. The Labute approximate surface area is 443 Å². The maximum absolute atomic E-state index is 12.9. The van der Waals surface area contributed by atoms with Crippen LogP contribution in [0.5, 0.6) is 0 Å². The van der Waals surface area contributed by atoms with Crippen molar-refractivity contribution in [3.63, 3.8) is 0 Å². The first-order valence-corrected chi connectivity index (χ1v) is 28.9. The zero-order valence-electron chi connectivity index (χ0n) is 41.5. The zero-order chi connectivity index (χ0) is 56.5. The minimum atomic E-state index is -5.96. The van der Waals surface area contributed by atoms with Gasteiger partial charge < -0.3 is 93.3 Å². The number of carbonyl (C=O) groups excluding carboxylic acids is 4. The Morgan fingerprint density at radius 2 is 1.77 bits per heavy atom. The van der Waals surface area contributed by atoms with Crippen molar-refractivity contribution in [2.24, 2.45) is 5.41 Å². The number of imidazole rings is 1. The number of hydrogen-bond donors (Lipinski definition) is 7. The molecule has 0 spiro atoms. The molecule has 2 saturated heterocycles. The third-order valence-electron chi connectivity index (χ3n) is 11.8. The number of amides is 2. The molecule has 2 aliphatic heterocycles. The predicted octanol–water partition coefficient (Wildman–Crippen LogP) is -0.919. The molecule has 2 unspecified atom stereocenters. The smallest absolute Gasteiger partial charge is 0.340 e. The van der Waals surface area contributed by atoms with E-state index >= 15 is 0 Å². The van der Waals surface area contributed by atoms with Gasteiger partial charge in [0, 0.05) is 54.2 Å². The summed E-state index contributed by atoms with van der Waals surface area (Å²) in [5.41, 5.74) is 5.18. The van der Waals surface area contributed by atoms with Crippen LogP contribution in [0, 0.1) is 5.41 Å². The lowest BCUT2D eigenvalue weighted by atomic mass is 9.87. The Hall–Kier alpha value is -4.59. The van der Waals surface area contributed by atoms with Crippen molar-refractivity contribution in [2.75, 3.05) is 37.8 Å². The highest BCUT2D eigenvalue weighted by Crippen LogP contribution is 2.56. The van der Waals surface area contributed by atoms with Gasteiger partial charge in [-0.2, -0.15) is 0 Å². The fourth-order valence-corrected chi connectivity index (χ4v) is 11.1. The van der Waals surface area contributed by atoms with Gasteiger partial charge in [-0.1, -0.05) is 49.9 Å². The molecule has 4 aromatic rings. The average molecular weight is 1160 g/mol. The Bertz CT molecular complexity index is 2890. The summed E-state index contributed by atoms with van der Waals surface area (Å²) in [6, 6.07) is 7.31. The Morgan fingerprint density at radius 1 is 1.04 bits per heavy atom. The van der Waals surface area contributed by atoms with Crippen LogP contribution in [0.4, 0.5) is 5.82 Å². The van der Waals surface area contributed by atoms with E-state index in [4.69, 9.17) is 24.7 Å². The van der Waals surface area contributed by atoms with Crippen LogP contribution >= 0.6 is 35.2 Å². The number of phosphoric acid groups is 3. The molecule has 8 N–H and O–H groups in total. The summed E-state index contributed by atoms with van der Waals surface area (Å²) in [5, 5.41) is 37.6. The van der Waals surface area contributed by atoms with Crippen LogP contribution in [-0.4, -0.2) is 150 Å². The van der Waals surface area contributed by atoms with Gasteiger partial charge in [0.05, 0.1) is 45.1 Å². The number of nitrogens with two attached hydrogens (primary N) is 1. The fourth-order valence-electron chi connectivity index (χ4n) is 7.75. The maximum Gasteiger partial charge on any atom is 0.340 e. The second-order valence-corrected chi connectivity index (χ2v) is 23.4. The lowest BCUT2D eigenvalue weighted by molar-refractivity contribution is -0.347. The molecule has 12 atom stereocenters. The molecule has 3 aromatic heterocycles. The molecule has 0 saturated carbocycles. The number of nitrogen functional groups attached to an aromatic ring is 1. The largest absolute Gasteiger partial charge is 0.790 e. The summed E-state index contributed by atoms with van der Waals surface area (Å²) in [6.45, 7) is 3.37. The summed E-state index contributed by atoms with van der Waals surface area (Å²) >= 11 is 0.941. The van der Waals surface area contributed by atoms with Gasteiger partial charge >= 0.3 is 5.97 Å². The Kier molecular flexibility index (Phi) is 21.3. The van der Waals surface area contributed by atoms with E-state index in [1.54, 1.807) is 32.2 Å². The SMILES string of the molecule is C[C@H](CC/C=C/C(=O)SCCNC(=O)CCNC(=O)[C@H](O)C(C)(C)COP(=O)([O-])OP(=O)([O-])OC[C@H]1O[C@@H](n2cnc3c(N)ncnc32)[C@H](O)[C@@H]1OP(=O)([O-])[O-])O[C@@H]1O[C@@H](C)[C@H](OC(=O)c2c[nH]c3ccccc23)C[C@H]1O. The van der Waals surface area contributed by atoms with Crippen molar-refractivity contribution in [2.45, 2.75) is 115 Å². The number of aliphatic hydroxyl groups excluding tert-OH is 3. The number of nitrogens with one attached hydrogen (secondary N) is 3. The zero-order valence-corrected chi connectivity index (χ0v) is 45.0. The van der Waals surface area contributed by atoms with Crippen molar-refractivity contribution in [1.29, 1.82) is 0 Å². The van der Waals surface area contributed by atoms with E-state index < -0.39 is 115 Å². The number of thioether (sulfide) groups is 1. The number of aromatic amines is 1. The number of nitrogens with zero attached hydrogens (tertiary/aromatic N) is 4. The molecule has 0 bridgehead atoms. The summed E-state index contributed by atoms with van der Waals surface area (Å²) < 4.78 is 78.4. The molecule has 0 radical (unpaired) electrons. The number of carbonyl (C=O) groups is 4. The molecule has 1 aromatic carbocycles. The number of rotatable bonds is 27. The lowest BCUT2D eigenvalue weighted by Crippen LogP contribution is -2.49. The molecule has 34 heteroatoms. The highest BCUT2D eigenvalue weighted by atomic mass is 32.2. The summed E-state index contributed by atoms with van der Waals surface area (Å²) in [6.07, 6.45) is -5.76. The van der Waals surface area contributed by atoms with Crippen molar-refractivity contribution >= 4 is 86.0 Å². The van der Waals surface area contributed by atoms with Gasteiger partial charge in [-0.3, -0.25) is 28.1 Å². The van der Waals surface area contributed by atoms with E-state index in [0.29, 0.717) is 18.4 Å². The number of anilines is 1. The summed E-state index contributed by atoms with van der Waals surface area (Å²) in [7, 11) is -17.7. The van der Waals surface area contributed by atoms with Gasteiger partial charge in [-0.05, 0) is 38.8 Å². The molecule has 426 valence electrons. The van der Waals surface area contributed by atoms with Gasteiger partial charge in [-0.25, -0.2) is 24.1 Å². The minimum Gasteiger partial charge on any atom is -0.790 e. The fraction of sp³-hybridized carbons (Fsp3) is 0.558. The van der Waals surface area contributed by atoms with Crippen LogP contribution in [0.15, 0.2) is 55.3 Å². The maximum atomic E-state index is 12.9. The molecular weight excluding hydrogens is 1110 g/mol. The highest BCUT2D eigenvalue weighted by Gasteiger charge is 2.48. The number of esters is 1. The van der Waals surface area contributed by atoms with E-state index in [9.17, 15) is 67.8 Å². The van der Waals surface area contributed by atoms with Crippen molar-refractivity contribution in [3.8, 4) is 0 Å². The normalized spacial score (nSPS) is 24.6. The van der Waals surface area contributed by atoms with Crippen LogP contribution in [0.25, 0.3) is 22.1 Å². The van der Waals surface area contributed by atoms with Crippen LogP contribution in [0.2, 0.25) is 0 Å². The van der Waals surface area contributed by atoms with Gasteiger partial charge in [0.2, 0.25) is 16.9 Å². The first-order chi connectivity index (χ1) is 36.1. The molecule has 0 aliphatic carbocycles. The Balaban J connectivity index is 0.826. The number of H-pyrrole nitrogens is 1. The molecule has 6 rings (SSSR count). The van der Waals surface area contributed by atoms with Gasteiger partial charge in [0.25, 0.3) is 15.6 Å². The lowest BCUT2D eigenvalue weighted by Gasteiger charge is -2.38. The van der Waals surface area contributed by atoms with Gasteiger partial charge in [-0.15, -0.1) is 0 Å². The highest BCUT2D eigenvalue weighted by molar-refractivity contribution is 8.14. The third-order valence-corrected chi connectivity index (χ3v) is 15.7. The van der Waals surface area contributed by atoms with Crippen molar-refractivity contribution in [1.82, 2.24) is 35.1 Å². The standard InChI is InChI=1S/C43H61N8O22P3S/c1-23(68-42-28(52)17-29(24(2)69-42)71-41(58)26-18-47-27-11-7-6-10-25(26)27)9-5-8-12-32(54)77-16-15-45-31(53)13-14-46-39(57)36(56)43(3,4)20-67-76(64,65)73-75(62,63)66-19-30-35(72-74(59,60)61)34(55)40(70-30)51-22-50-33-37(44)48-21-49-38(33)51/h6-8,10-12,18,21-24,28-30,34-36,40,42,47,52,55-56H,5,9,13-17,19-20H2,1-4H3,(H,45,53)(H,46,57)(H,62,63)(H,64,65)(H2,44,48,49)(H2,59,60,61)/p-4/b12-8+/t23-,24+,28-,29-,30-,34-,35-,36+,40-,42-/m1/s1. The number of phosphoric ester groups is 3. The number of allylic oxidation sites excluding steroid dienone is 1. The van der Waals surface area contributed by atoms with Gasteiger partial charge in [0.1, 0.15) is 48.5 Å². The van der Waals surface area contributed by atoms with Crippen LogP contribution in [-0.2, 0) is 64.9 Å². The second kappa shape index (κ2) is 26.6. The van der Waals surface area contributed by atoms with E-state index in [0.717, 1.165) is 39.9 Å². The first kappa shape index (κ1) is 61.6. The van der Waals surface area contributed by atoms with E-state index in [1.807, 2.05) is 18.2 Å². The Morgan fingerprint density at radius 3 is 2.51 bits per heavy atom. The molecular formula is C43H57N8O22P3S-4. The number of aliphatic hydroxyl groups is 3. The van der Waals surface area contributed by atoms with Crippen molar-refractivity contribution in [3.05, 3.63) is 60.8 Å². The van der Waals surface area contributed by atoms with Crippen LogP contribution in [0.1, 0.15) is 70.0 Å². The minimum absolute atomic E-state index is 0.0305. The number of aromatic nitrogens is 5. The number of benzene rings is 1. The number of hydrogen-bond acceptors (Lipinski definition) is 27. The predicted molar refractivity (Wildman–Crippen MR) is 260 cm³/mol. The second-order valence-electron chi connectivity index (χ2n) is 18.3. The quantitative estimate of drug-likeness (QED) is 0.0164. The van der Waals surface area contributed by atoms with Gasteiger partial charge in [0.15, 0.2) is 24.0 Å². The number of para-hydroxylation sites is 1.